The highest BCUT2D eigenvalue weighted by Crippen LogP contribution is 2.12. The second-order valence-electron chi connectivity index (χ2n) is 3.21. The Morgan fingerprint density at radius 2 is 2.31 bits per heavy atom. The summed E-state index contributed by atoms with van der Waals surface area (Å²) in [6.45, 7) is 2.95. The standard InChI is InChI=1S/C10H17N5O/c1-3-15(7-10(16)12-2)9-6-4-5-8(13-9)14-11/h4-6H,3,7,11H2,1-2H3,(H,12,16)(H,13,14). The summed E-state index contributed by atoms with van der Waals surface area (Å²) in [5, 5.41) is 2.58. The molecule has 0 saturated carbocycles. The number of hydrogen-bond donors (Lipinski definition) is 3. The van der Waals surface area contributed by atoms with E-state index in [1.165, 1.54) is 0 Å². The Balaban J connectivity index is 2.81. The van der Waals surface area contributed by atoms with Crippen molar-refractivity contribution in [3.05, 3.63) is 18.2 Å². The number of nitrogens with two attached hydrogens (primary N) is 1. The number of hydrazine groups is 1. The zero-order valence-corrected chi connectivity index (χ0v) is 9.53. The van der Waals surface area contributed by atoms with Crippen LogP contribution in [0.4, 0.5) is 11.6 Å². The third kappa shape index (κ3) is 3.09. The number of likely N-dealkylation sites (N-methyl/N-ethyl adjacent to an activating group) is 2. The third-order valence-corrected chi connectivity index (χ3v) is 2.20. The summed E-state index contributed by atoms with van der Waals surface area (Å²) in [5.41, 5.74) is 2.48. The van der Waals surface area contributed by atoms with Crippen LogP contribution in [0, 0.1) is 0 Å². The number of nitrogens with zero attached hydrogens (tertiary/aromatic N) is 2. The zero-order chi connectivity index (χ0) is 12.0. The predicted molar refractivity (Wildman–Crippen MR) is 64.0 cm³/mol. The molecule has 16 heavy (non-hydrogen) atoms. The van der Waals surface area contributed by atoms with Gasteiger partial charge in [0.2, 0.25) is 5.91 Å². The number of anilines is 2. The highest BCUT2D eigenvalue weighted by atomic mass is 16.1. The maximum absolute atomic E-state index is 11.3. The van der Waals surface area contributed by atoms with Crippen molar-refractivity contribution in [2.75, 3.05) is 30.5 Å². The van der Waals surface area contributed by atoms with Crippen molar-refractivity contribution in [3.63, 3.8) is 0 Å². The van der Waals surface area contributed by atoms with Crippen molar-refractivity contribution in [2.24, 2.45) is 5.84 Å². The molecule has 0 aliphatic carbocycles. The molecular weight excluding hydrogens is 206 g/mol. The van der Waals surface area contributed by atoms with Crippen LogP contribution in [-0.4, -0.2) is 31.0 Å². The molecule has 1 aromatic rings. The van der Waals surface area contributed by atoms with Crippen molar-refractivity contribution >= 4 is 17.5 Å². The molecule has 0 fully saturated rings. The van der Waals surface area contributed by atoms with E-state index >= 15 is 0 Å². The van der Waals surface area contributed by atoms with Gasteiger partial charge in [-0.15, -0.1) is 0 Å². The van der Waals surface area contributed by atoms with Crippen LogP contribution in [0.15, 0.2) is 18.2 Å². The summed E-state index contributed by atoms with van der Waals surface area (Å²) in [6, 6.07) is 5.44. The number of amides is 1. The van der Waals surface area contributed by atoms with Crippen LogP contribution in [0.5, 0.6) is 0 Å². The smallest absolute Gasteiger partial charge is 0.239 e. The van der Waals surface area contributed by atoms with E-state index in [1.807, 2.05) is 24.0 Å². The first-order valence-electron chi connectivity index (χ1n) is 5.10. The summed E-state index contributed by atoms with van der Waals surface area (Å²) in [4.78, 5) is 17.4. The Kier molecular flexibility index (Phi) is 4.53. The largest absolute Gasteiger partial charge is 0.358 e. The van der Waals surface area contributed by atoms with Gasteiger partial charge >= 0.3 is 0 Å². The number of rotatable bonds is 5. The van der Waals surface area contributed by atoms with Gasteiger partial charge in [-0.05, 0) is 19.1 Å². The SMILES string of the molecule is CCN(CC(=O)NC)c1cccc(NN)n1. The van der Waals surface area contributed by atoms with Gasteiger partial charge in [0, 0.05) is 13.6 Å². The van der Waals surface area contributed by atoms with Crippen molar-refractivity contribution in [3.8, 4) is 0 Å². The van der Waals surface area contributed by atoms with Crippen LogP contribution in [0.1, 0.15) is 6.92 Å². The predicted octanol–water partition coefficient (Wildman–Crippen LogP) is -0.0605. The number of aromatic nitrogens is 1. The maximum atomic E-state index is 11.3. The molecule has 0 radical (unpaired) electrons. The summed E-state index contributed by atoms with van der Waals surface area (Å²) in [5.74, 6) is 6.53. The average molecular weight is 223 g/mol. The molecule has 0 bridgehead atoms. The first kappa shape index (κ1) is 12.3. The topological polar surface area (TPSA) is 83.3 Å². The number of nitrogen functional groups attached to an aromatic ring is 1. The molecule has 0 aliphatic rings. The summed E-state index contributed by atoms with van der Waals surface area (Å²) in [7, 11) is 1.61. The number of pyridine rings is 1. The Morgan fingerprint density at radius 1 is 1.56 bits per heavy atom. The van der Waals surface area contributed by atoms with Crippen molar-refractivity contribution in [1.29, 1.82) is 0 Å². The second kappa shape index (κ2) is 5.92. The number of nitrogens with one attached hydrogen (secondary N) is 2. The van der Waals surface area contributed by atoms with E-state index in [0.717, 1.165) is 5.82 Å². The van der Waals surface area contributed by atoms with Gasteiger partial charge in [0.05, 0.1) is 6.54 Å². The maximum Gasteiger partial charge on any atom is 0.239 e. The molecule has 0 unspecified atom stereocenters. The van der Waals surface area contributed by atoms with Crippen LogP contribution in [-0.2, 0) is 4.79 Å². The minimum Gasteiger partial charge on any atom is -0.358 e. The van der Waals surface area contributed by atoms with Gasteiger partial charge in [0.1, 0.15) is 11.6 Å². The molecule has 0 atom stereocenters. The molecule has 0 aliphatic heterocycles. The lowest BCUT2D eigenvalue weighted by molar-refractivity contribution is -0.119. The molecule has 6 nitrogen and oxygen atoms in total. The lowest BCUT2D eigenvalue weighted by Crippen LogP contribution is -2.36. The highest BCUT2D eigenvalue weighted by Gasteiger charge is 2.09. The van der Waals surface area contributed by atoms with E-state index in [1.54, 1.807) is 13.1 Å². The van der Waals surface area contributed by atoms with Crippen LogP contribution < -0.4 is 21.5 Å². The normalized spacial score (nSPS) is 9.69. The first-order valence-corrected chi connectivity index (χ1v) is 5.10. The van der Waals surface area contributed by atoms with Gasteiger partial charge in [-0.1, -0.05) is 6.07 Å². The molecule has 0 aromatic carbocycles. The molecule has 0 saturated heterocycles. The van der Waals surface area contributed by atoms with Gasteiger partial charge in [-0.3, -0.25) is 4.79 Å². The van der Waals surface area contributed by atoms with E-state index in [4.69, 9.17) is 5.84 Å². The van der Waals surface area contributed by atoms with Crippen molar-refractivity contribution in [1.82, 2.24) is 10.3 Å². The third-order valence-electron chi connectivity index (χ3n) is 2.20. The molecule has 4 N–H and O–H groups in total. The molecule has 1 amide bonds. The highest BCUT2D eigenvalue weighted by molar-refractivity contribution is 5.80. The Morgan fingerprint density at radius 3 is 2.88 bits per heavy atom. The number of carbonyl (C=O) groups is 1. The first-order chi connectivity index (χ1) is 7.71. The minimum atomic E-state index is -0.0465. The Hall–Kier alpha value is -1.82. The van der Waals surface area contributed by atoms with Gasteiger partial charge in [0.25, 0.3) is 0 Å². The molecule has 6 heteroatoms. The number of hydrogen-bond acceptors (Lipinski definition) is 5. The van der Waals surface area contributed by atoms with Gasteiger partial charge < -0.3 is 15.6 Å². The van der Waals surface area contributed by atoms with Crippen LogP contribution in [0.2, 0.25) is 0 Å². The summed E-state index contributed by atoms with van der Waals surface area (Å²) >= 11 is 0. The van der Waals surface area contributed by atoms with E-state index in [9.17, 15) is 4.79 Å². The molecule has 1 rings (SSSR count). The quantitative estimate of drug-likeness (QED) is 0.481. The van der Waals surface area contributed by atoms with E-state index in [2.05, 4.69) is 15.7 Å². The fourth-order valence-corrected chi connectivity index (χ4v) is 1.29. The van der Waals surface area contributed by atoms with E-state index < -0.39 is 0 Å². The molecule has 88 valence electrons. The minimum absolute atomic E-state index is 0.0465. The second-order valence-corrected chi connectivity index (χ2v) is 3.21. The lowest BCUT2D eigenvalue weighted by Gasteiger charge is -2.21. The molecule has 1 aromatic heterocycles. The fourth-order valence-electron chi connectivity index (χ4n) is 1.29. The van der Waals surface area contributed by atoms with Gasteiger partial charge in [0.15, 0.2) is 0 Å². The van der Waals surface area contributed by atoms with E-state index in [-0.39, 0.29) is 12.5 Å². The summed E-state index contributed by atoms with van der Waals surface area (Å²) < 4.78 is 0. The Bertz CT molecular complexity index is 355. The fraction of sp³-hybridized carbons (Fsp3) is 0.400. The molecule has 0 spiro atoms. The monoisotopic (exact) mass is 223 g/mol. The van der Waals surface area contributed by atoms with Crippen molar-refractivity contribution in [2.45, 2.75) is 6.92 Å². The molecule has 1 heterocycles. The van der Waals surface area contributed by atoms with Crippen LogP contribution in [0.25, 0.3) is 0 Å². The van der Waals surface area contributed by atoms with Crippen LogP contribution >= 0.6 is 0 Å². The number of carbonyl (C=O) groups excluding carboxylic acids is 1. The molecular formula is C10H17N5O. The Labute approximate surface area is 94.8 Å². The van der Waals surface area contributed by atoms with Gasteiger partial charge in [-0.25, -0.2) is 10.8 Å². The lowest BCUT2D eigenvalue weighted by atomic mass is 10.4. The van der Waals surface area contributed by atoms with E-state index in [0.29, 0.717) is 12.4 Å². The van der Waals surface area contributed by atoms with Crippen LogP contribution in [0.3, 0.4) is 0 Å². The average Bonchev–Trinajstić information content (AvgIpc) is 2.35. The zero-order valence-electron chi connectivity index (χ0n) is 9.53. The summed E-state index contributed by atoms with van der Waals surface area (Å²) in [6.07, 6.45) is 0. The van der Waals surface area contributed by atoms with Gasteiger partial charge in [-0.2, -0.15) is 0 Å². The van der Waals surface area contributed by atoms with Crippen molar-refractivity contribution < 1.29 is 4.79 Å².